The first kappa shape index (κ1) is 16.0. The average molecular weight is 314 g/mol. The van der Waals surface area contributed by atoms with Gasteiger partial charge in [-0.2, -0.15) is 0 Å². The quantitative estimate of drug-likeness (QED) is 0.805. The molecule has 1 fully saturated rings. The fraction of sp³-hybridized carbons (Fsp3) is 0.643. The van der Waals surface area contributed by atoms with Gasteiger partial charge in [-0.05, 0) is 45.2 Å². The molecule has 0 unspecified atom stereocenters. The Morgan fingerprint density at radius 1 is 1.33 bits per heavy atom. The molecule has 2 heterocycles. The molecule has 1 aromatic rings. The summed E-state index contributed by atoms with van der Waals surface area (Å²) in [7, 11) is 0. The summed E-state index contributed by atoms with van der Waals surface area (Å²) in [4.78, 5) is 21.4. The maximum atomic E-state index is 12.0. The number of piperidine rings is 1. The lowest BCUT2D eigenvalue weighted by atomic mass is 9.86. The number of halogens is 1. The predicted molar refractivity (Wildman–Crippen MR) is 78.0 cm³/mol. The van der Waals surface area contributed by atoms with Crippen molar-refractivity contribution in [2.75, 3.05) is 13.1 Å². The molecule has 0 radical (unpaired) electrons. The number of rotatable bonds is 1. The van der Waals surface area contributed by atoms with Crippen LogP contribution in [0.1, 0.15) is 39.2 Å². The normalized spacial score (nSPS) is 18.4. The van der Waals surface area contributed by atoms with E-state index in [2.05, 4.69) is 9.97 Å². The third-order valence-electron chi connectivity index (χ3n) is 3.40. The molecular formula is C14H20ClN3O3. The van der Waals surface area contributed by atoms with E-state index >= 15 is 0 Å². The van der Waals surface area contributed by atoms with Gasteiger partial charge >= 0.3 is 6.09 Å². The van der Waals surface area contributed by atoms with Crippen molar-refractivity contribution in [2.45, 2.75) is 44.8 Å². The summed E-state index contributed by atoms with van der Waals surface area (Å²) < 4.78 is 5.33. The molecule has 0 atom stereocenters. The summed E-state index contributed by atoms with van der Waals surface area (Å²) in [5, 5.41) is 10.8. The maximum Gasteiger partial charge on any atom is 0.410 e. The Bertz CT molecular complexity index is 505. The van der Waals surface area contributed by atoms with Crippen molar-refractivity contribution in [3.05, 3.63) is 23.2 Å². The van der Waals surface area contributed by atoms with Crippen molar-refractivity contribution < 1.29 is 14.6 Å². The Kier molecular flexibility index (Phi) is 4.39. The summed E-state index contributed by atoms with van der Waals surface area (Å²) in [5.41, 5.74) is -0.923. The van der Waals surface area contributed by atoms with Gasteiger partial charge in [-0.25, -0.2) is 14.8 Å². The van der Waals surface area contributed by atoms with Crippen LogP contribution in [0.25, 0.3) is 0 Å². The van der Waals surface area contributed by atoms with E-state index in [0.717, 1.165) is 0 Å². The summed E-state index contributed by atoms with van der Waals surface area (Å²) in [6, 6.07) is 0. The Hall–Kier alpha value is -1.40. The van der Waals surface area contributed by atoms with Gasteiger partial charge in [0.25, 0.3) is 0 Å². The van der Waals surface area contributed by atoms with E-state index in [0.29, 0.717) is 31.5 Å². The Labute approximate surface area is 129 Å². The molecule has 6 nitrogen and oxygen atoms in total. The highest BCUT2D eigenvalue weighted by atomic mass is 35.5. The first-order valence-electron chi connectivity index (χ1n) is 6.88. The van der Waals surface area contributed by atoms with Crippen LogP contribution in [0.5, 0.6) is 0 Å². The van der Waals surface area contributed by atoms with Gasteiger partial charge in [0.2, 0.25) is 5.28 Å². The average Bonchev–Trinajstić information content (AvgIpc) is 2.38. The maximum absolute atomic E-state index is 12.0. The van der Waals surface area contributed by atoms with Gasteiger partial charge < -0.3 is 14.7 Å². The second-order valence-electron chi connectivity index (χ2n) is 6.24. The van der Waals surface area contributed by atoms with Crippen molar-refractivity contribution in [3.63, 3.8) is 0 Å². The van der Waals surface area contributed by atoms with Crippen LogP contribution in [0.3, 0.4) is 0 Å². The molecular weight excluding hydrogens is 294 g/mol. The minimum Gasteiger partial charge on any atom is -0.444 e. The third kappa shape index (κ3) is 4.04. The smallest absolute Gasteiger partial charge is 0.410 e. The van der Waals surface area contributed by atoms with E-state index in [9.17, 15) is 9.90 Å². The van der Waals surface area contributed by atoms with E-state index in [1.165, 1.54) is 12.4 Å². The van der Waals surface area contributed by atoms with Gasteiger partial charge in [0.15, 0.2) is 0 Å². The van der Waals surface area contributed by atoms with Gasteiger partial charge in [0.1, 0.15) is 5.60 Å². The van der Waals surface area contributed by atoms with Crippen molar-refractivity contribution in [3.8, 4) is 0 Å². The zero-order chi connectivity index (χ0) is 15.7. The highest BCUT2D eigenvalue weighted by Gasteiger charge is 2.37. The number of carbonyl (C=O) groups excluding carboxylic acids is 1. The number of hydrogen-bond acceptors (Lipinski definition) is 5. The number of aliphatic hydroxyl groups is 1. The molecule has 7 heteroatoms. The standard InChI is InChI=1S/C14H20ClN3O3/c1-13(2,3)21-12(19)18-6-4-14(20,5-7-18)10-8-16-11(15)17-9-10/h8-9,20H,4-7H2,1-3H3. The molecule has 1 aromatic heterocycles. The van der Waals surface area contributed by atoms with E-state index in [1.54, 1.807) is 4.90 Å². The molecule has 1 saturated heterocycles. The lowest BCUT2D eigenvalue weighted by molar-refractivity contribution is -0.0360. The second kappa shape index (κ2) is 5.77. The number of carbonyl (C=O) groups is 1. The summed E-state index contributed by atoms with van der Waals surface area (Å²) in [6.07, 6.45) is 3.53. The number of aromatic nitrogens is 2. The van der Waals surface area contributed by atoms with E-state index in [1.807, 2.05) is 20.8 Å². The van der Waals surface area contributed by atoms with Crippen LogP contribution in [0.2, 0.25) is 5.28 Å². The summed E-state index contributed by atoms with van der Waals surface area (Å²) in [6.45, 7) is 6.34. The summed E-state index contributed by atoms with van der Waals surface area (Å²) in [5.74, 6) is 0. The highest BCUT2D eigenvalue weighted by molar-refractivity contribution is 6.28. The van der Waals surface area contributed by atoms with Crippen LogP contribution in [0, 0.1) is 0 Å². The monoisotopic (exact) mass is 313 g/mol. The molecule has 0 saturated carbocycles. The predicted octanol–water partition coefficient (Wildman–Crippen LogP) is 2.35. The van der Waals surface area contributed by atoms with Crippen LogP contribution in [-0.2, 0) is 10.3 Å². The molecule has 116 valence electrons. The van der Waals surface area contributed by atoms with E-state index in [4.69, 9.17) is 16.3 Å². The molecule has 1 aliphatic rings. The first-order chi connectivity index (χ1) is 9.70. The SMILES string of the molecule is CC(C)(C)OC(=O)N1CCC(O)(c2cnc(Cl)nc2)CC1. The van der Waals surface area contributed by atoms with Crippen molar-refractivity contribution >= 4 is 17.7 Å². The largest absolute Gasteiger partial charge is 0.444 e. The Balaban J connectivity index is 1.99. The topological polar surface area (TPSA) is 75.5 Å². The second-order valence-corrected chi connectivity index (χ2v) is 6.58. The van der Waals surface area contributed by atoms with Gasteiger partial charge in [-0.1, -0.05) is 0 Å². The van der Waals surface area contributed by atoms with Crippen LogP contribution < -0.4 is 0 Å². The van der Waals surface area contributed by atoms with Crippen LogP contribution in [0.15, 0.2) is 12.4 Å². The number of hydrogen-bond donors (Lipinski definition) is 1. The fourth-order valence-corrected chi connectivity index (χ4v) is 2.32. The lowest BCUT2D eigenvalue weighted by Gasteiger charge is -2.38. The van der Waals surface area contributed by atoms with Crippen molar-refractivity contribution in [1.82, 2.24) is 14.9 Å². The molecule has 0 aliphatic carbocycles. The minimum absolute atomic E-state index is 0.147. The van der Waals surface area contributed by atoms with Crippen molar-refractivity contribution in [2.24, 2.45) is 0 Å². The van der Waals surface area contributed by atoms with Gasteiger partial charge in [-0.15, -0.1) is 0 Å². The first-order valence-corrected chi connectivity index (χ1v) is 7.26. The molecule has 2 rings (SSSR count). The highest BCUT2D eigenvalue weighted by Crippen LogP contribution is 2.32. The van der Waals surface area contributed by atoms with Crippen molar-refractivity contribution in [1.29, 1.82) is 0 Å². The Morgan fingerprint density at radius 2 is 1.86 bits per heavy atom. The lowest BCUT2D eigenvalue weighted by Crippen LogP contribution is -2.46. The van der Waals surface area contributed by atoms with Crippen LogP contribution in [-0.4, -0.2) is 44.8 Å². The third-order valence-corrected chi connectivity index (χ3v) is 3.60. The fourth-order valence-electron chi connectivity index (χ4n) is 2.23. The Morgan fingerprint density at radius 3 is 2.33 bits per heavy atom. The zero-order valence-electron chi connectivity index (χ0n) is 12.5. The minimum atomic E-state index is -1.02. The number of amides is 1. The van der Waals surface area contributed by atoms with Gasteiger partial charge in [-0.3, -0.25) is 0 Å². The molecule has 1 amide bonds. The van der Waals surface area contributed by atoms with E-state index in [-0.39, 0.29) is 11.4 Å². The van der Waals surface area contributed by atoms with Crippen LogP contribution >= 0.6 is 11.6 Å². The molecule has 0 spiro atoms. The number of likely N-dealkylation sites (tertiary alicyclic amines) is 1. The molecule has 1 N–H and O–H groups in total. The number of nitrogens with zero attached hydrogens (tertiary/aromatic N) is 3. The van der Waals surface area contributed by atoms with E-state index < -0.39 is 11.2 Å². The number of ether oxygens (including phenoxy) is 1. The molecule has 0 aromatic carbocycles. The van der Waals surface area contributed by atoms with Gasteiger partial charge in [0.05, 0.1) is 5.60 Å². The molecule has 1 aliphatic heterocycles. The molecule has 21 heavy (non-hydrogen) atoms. The summed E-state index contributed by atoms with van der Waals surface area (Å²) >= 11 is 5.65. The van der Waals surface area contributed by atoms with Crippen LogP contribution in [0.4, 0.5) is 4.79 Å². The molecule has 0 bridgehead atoms. The zero-order valence-corrected chi connectivity index (χ0v) is 13.2. The van der Waals surface area contributed by atoms with Gasteiger partial charge in [0, 0.05) is 31.0 Å².